The lowest BCUT2D eigenvalue weighted by molar-refractivity contribution is -0.384. The summed E-state index contributed by atoms with van der Waals surface area (Å²) in [6.07, 6.45) is 1.31. The van der Waals surface area contributed by atoms with E-state index in [0.29, 0.717) is 0 Å². The number of nitrogens with one attached hydrogen (secondary N) is 1. The molecule has 0 atom stereocenters. The number of carbonyl (C=O) groups is 2. The molecule has 0 saturated heterocycles. The maximum Gasteiger partial charge on any atom is 0.335 e. The highest BCUT2D eigenvalue weighted by Gasteiger charge is 2.16. The van der Waals surface area contributed by atoms with E-state index in [1.807, 2.05) is 0 Å². The SMILES string of the molecule is O=C(O)c1cc(Nc2ncccc2[N+](=O)[O-])cc(C(=O)O)c1. The van der Waals surface area contributed by atoms with Gasteiger partial charge in [0.05, 0.1) is 16.1 Å². The molecule has 1 aromatic carbocycles. The van der Waals surface area contributed by atoms with Crippen LogP contribution in [0, 0.1) is 10.1 Å². The number of carboxylic acid groups (broad SMARTS) is 2. The third kappa shape index (κ3) is 3.15. The second-order valence-corrected chi connectivity index (χ2v) is 4.16. The molecule has 1 heterocycles. The maximum atomic E-state index is 11.0. The molecule has 112 valence electrons. The smallest absolute Gasteiger partial charge is 0.335 e. The van der Waals surface area contributed by atoms with Crippen LogP contribution >= 0.6 is 0 Å². The normalized spacial score (nSPS) is 10.0. The van der Waals surface area contributed by atoms with Crippen LogP contribution in [-0.4, -0.2) is 32.1 Å². The fourth-order valence-electron chi connectivity index (χ4n) is 1.72. The molecule has 2 aromatic rings. The van der Waals surface area contributed by atoms with E-state index in [9.17, 15) is 19.7 Å². The van der Waals surface area contributed by atoms with Gasteiger partial charge in [-0.1, -0.05) is 0 Å². The molecule has 0 fully saturated rings. The number of nitrogens with zero attached hydrogens (tertiary/aromatic N) is 2. The number of benzene rings is 1. The Hall–Kier alpha value is -3.49. The van der Waals surface area contributed by atoms with Crippen molar-refractivity contribution in [3.05, 3.63) is 57.8 Å². The summed E-state index contributed by atoms with van der Waals surface area (Å²) in [6.45, 7) is 0. The van der Waals surface area contributed by atoms with Gasteiger partial charge in [-0.3, -0.25) is 10.1 Å². The van der Waals surface area contributed by atoms with Crippen molar-refractivity contribution in [3.8, 4) is 0 Å². The topological polar surface area (TPSA) is 143 Å². The lowest BCUT2D eigenvalue weighted by Gasteiger charge is -2.08. The highest BCUT2D eigenvalue weighted by atomic mass is 16.6. The summed E-state index contributed by atoms with van der Waals surface area (Å²) in [5, 5.41) is 31.4. The van der Waals surface area contributed by atoms with Crippen LogP contribution in [0.1, 0.15) is 20.7 Å². The van der Waals surface area contributed by atoms with Crippen LogP contribution in [0.5, 0.6) is 0 Å². The molecule has 0 unspecified atom stereocenters. The van der Waals surface area contributed by atoms with Gasteiger partial charge in [-0.25, -0.2) is 14.6 Å². The number of aromatic carboxylic acids is 2. The van der Waals surface area contributed by atoms with Gasteiger partial charge in [-0.15, -0.1) is 0 Å². The van der Waals surface area contributed by atoms with Crippen molar-refractivity contribution >= 4 is 29.1 Å². The number of rotatable bonds is 5. The van der Waals surface area contributed by atoms with Gasteiger partial charge in [0.1, 0.15) is 0 Å². The van der Waals surface area contributed by atoms with E-state index in [1.54, 1.807) is 0 Å². The highest BCUT2D eigenvalue weighted by molar-refractivity contribution is 5.95. The number of hydrogen-bond donors (Lipinski definition) is 3. The van der Waals surface area contributed by atoms with Gasteiger partial charge in [-0.2, -0.15) is 0 Å². The summed E-state index contributed by atoms with van der Waals surface area (Å²) < 4.78 is 0. The van der Waals surface area contributed by atoms with Crippen molar-refractivity contribution in [2.45, 2.75) is 0 Å². The van der Waals surface area contributed by atoms with E-state index in [4.69, 9.17) is 10.2 Å². The summed E-state index contributed by atoms with van der Waals surface area (Å²) in [6, 6.07) is 5.90. The van der Waals surface area contributed by atoms with Crippen LogP contribution in [-0.2, 0) is 0 Å². The molecule has 0 bridgehead atoms. The molecular weight excluding hydrogens is 294 g/mol. The Labute approximate surface area is 123 Å². The van der Waals surface area contributed by atoms with Crippen molar-refractivity contribution in [2.24, 2.45) is 0 Å². The zero-order valence-corrected chi connectivity index (χ0v) is 10.9. The van der Waals surface area contributed by atoms with E-state index < -0.39 is 16.9 Å². The van der Waals surface area contributed by atoms with E-state index in [-0.39, 0.29) is 28.3 Å². The second kappa shape index (κ2) is 5.87. The van der Waals surface area contributed by atoms with E-state index in [1.165, 1.54) is 18.3 Å². The Morgan fingerprint density at radius 1 is 1.14 bits per heavy atom. The van der Waals surface area contributed by atoms with Crippen LogP contribution in [0.2, 0.25) is 0 Å². The lowest BCUT2D eigenvalue weighted by Crippen LogP contribution is -2.05. The Morgan fingerprint density at radius 2 is 1.73 bits per heavy atom. The van der Waals surface area contributed by atoms with Gasteiger partial charge >= 0.3 is 17.6 Å². The second-order valence-electron chi connectivity index (χ2n) is 4.16. The maximum absolute atomic E-state index is 11.0. The first-order valence-corrected chi connectivity index (χ1v) is 5.86. The molecule has 0 spiro atoms. The Morgan fingerprint density at radius 3 is 2.23 bits per heavy atom. The summed E-state index contributed by atoms with van der Waals surface area (Å²) >= 11 is 0. The number of nitro groups is 1. The molecule has 0 saturated carbocycles. The number of carboxylic acids is 2. The van der Waals surface area contributed by atoms with Crippen LogP contribution in [0.25, 0.3) is 0 Å². The summed E-state index contributed by atoms with van der Waals surface area (Å²) in [5.41, 5.74) is -0.777. The van der Waals surface area contributed by atoms with Crippen molar-refractivity contribution in [2.75, 3.05) is 5.32 Å². The van der Waals surface area contributed by atoms with Crippen LogP contribution in [0.3, 0.4) is 0 Å². The minimum atomic E-state index is -1.32. The zero-order chi connectivity index (χ0) is 16.3. The average molecular weight is 303 g/mol. The average Bonchev–Trinajstić information content (AvgIpc) is 2.47. The number of aromatic nitrogens is 1. The first kappa shape index (κ1) is 14.9. The molecule has 0 radical (unpaired) electrons. The number of hydrogen-bond acceptors (Lipinski definition) is 6. The van der Waals surface area contributed by atoms with Crippen LogP contribution in [0.4, 0.5) is 17.2 Å². The quantitative estimate of drug-likeness (QED) is 0.563. The Kier molecular flexibility index (Phi) is 3.98. The van der Waals surface area contributed by atoms with Crippen molar-refractivity contribution < 1.29 is 24.7 Å². The highest BCUT2D eigenvalue weighted by Crippen LogP contribution is 2.26. The molecule has 9 nitrogen and oxygen atoms in total. The van der Waals surface area contributed by atoms with Crippen LogP contribution < -0.4 is 5.32 Å². The third-order valence-corrected chi connectivity index (χ3v) is 2.67. The van der Waals surface area contributed by atoms with Gasteiger partial charge in [-0.05, 0) is 24.3 Å². The van der Waals surface area contributed by atoms with E-state index in [2.05, 4.69) is 10.3 Å². The monoisotopic (exact) mass is 303 g/mol. The Balaban J connectivity index is 2.47. The minimum Gasteiger partial charge on any atom is -0.478 e. The number of anilines is 2. The fourth-order valence-corrected chi connectivity index (χ4v) is 1.72. The molecule has 22 heavy (non-hydrogen) atoms. The third-order valence-electron chi connectivity index (χ3n) is 2.67. The van der Waals surface area contributed by atoms with Gasteiger partial charge in [0.2, 0.25) is 5.82 Å². The van der Waals surface area contributed by atoms with Crippen molar-refractivity contribution in [1.82, 2.24) is 4.98 Å². The van der Waals surface area contributed by atoms with E-state index >= 15 is 0 Å². The largest absolute Gasteiger partial charge is 0.478 e. The van der Waals surface area contributed by atoms with Gasteiger partial charge in [0.15, 0.2) is 0 Å². The predicted molar refractivity (Wildman–Crippen MR) is 74.5 cm³/mol. The number of pyridine rings is 1. The van der Waals surface area contributed by atoms with Crippen molar-refractivity contribution in [3.63, 3.8) is 0 Å². The lowest BCUT2D eigenvalue weighted by atomic mass is 10.1. The van der Waals surface area contributed by atoms with Crippen LogP contribution in [0.15, 0.2) is 36.5 Å². The summed E-state index contributed by atoms with van der Waals surface area (Å²) in [5.74, 6) is -2.75. The van der Waals surface area contributed by atoms with Gasteiger partial charge in [0, 0.05) is 18.0 Å². The molecule has 1 aromatic heterocycles. The molecule has 0 aliphatic rings. The summed E-state index contributed by atoms with van der Waals surface area (Å²) in [7, 11) is 0. The molecule has 0 aliphatic heterocycles. The molecule has 0 amide bonds. The zero-order valence-electron chi connectivity index (χ0n) is 10.9. The first-order chi connectivity index (χ1) is 10.4. The van der Waals surface area contributed by atoms with Gasteiger partial charge < -0.3 is 15.5 Å². The standard InChI is InChI=1S/C13H9N3O6/c17-12(18)7-4-8(13(19)20)6-9(5-7)15-11-10(16(21)22)2-1-3-14-11/h1-6H,(H,14,15)(H,17,18)(H,19,20). The molecule has 9 heteroatoms. The molecule has 0 aliphatic carbocycles. The molecule has 3 N–H and O–H groups in total. The van der Waals surface area contributed by atoms with Crippen molar-refractivity contribution in [1.29, 1.82) is 0 Å². The molecular formula is C13H9N3O6. The van der Waals surface area contributed by atoms with Gasteiger partial charge in [0.25, 0.3) is 0 Å². The predicted octanol–water partition coefficient (Wildman–Crippen LogP) is 2.13. The first-order valence-electron chi connectivity index (χ1n) is 5.86. The summed E-state index contributed by atoms with van der Waals surface area (Å²) in [4.78, 5) is 36.1. The Bertz CT molecular complexity index is 742. The minimum absolute atomic E-state index is 0.0686. The molecule has 2 rings (SSSR count). The fraction of sp³-hybridized carbons (Fsp3) is 0. The van der Waals surface area contributed by atoms with E-state index in [0.717, 1.165) is 18.2 Å².